The SMILES string of the molecule is Cn1c(C(=O)O)cc2ccc(-c3cccc(O)c3)cc21. The molecule has 0 atom stereocenters. The molecule has 3 rings (SSSR count). The number of aryl methyl sites for hydroxylation is 1. The number of phenols is 1. The molecule has 0 spiro atoms. The van der Waals surface area contributed by atoms with Crippen LogP contribution in [0, 0.1) is 0 Å². The van der Waals surface area contributed by atoms with E-state index in [4.69, 9.17) is 5.11 Å². The van der Waals surface area contributed by atoms with Crippen LogP contribution in [0.3, 0.4) is 0 Å². The lowest BCUT2D eigenvalue weighted by Crippen LogP contribution is -2.03. The van der Waals surface area contributed by atoms with Gasteiger partial charge in [0.25, 0.3) is 0 Å². The van der Waals surface area contributed by atoms with Crippen LogP contribution in [0.5, 0.6) is 5.75 Å². The Bertz CT molecular complexity index is 818. The molecule has 0 saturated carbocycles. The Morgan fingerprint density at radius 3 is 2.50 bits per heavy atom. The van der Waals surface area contributed by atoms with Crippen LogP contribution in [-0.2, 0) is 7.05 Å². The predicted molar refractivity (Wildman–Crippen MR) is 77.0 cm³/mol. The molecule has 100 valence electrons. The normalized spacial score (nSPS) is 10.8. The average Bonchev–Trinajstić information content (AvgIpc) is 2.76. The number of carboxylic acid groups (broad SMARTS) is 1. The van der Waals surface area contributed by atoms with Gasteiger partial charge in [0, 0.05) is 18.0 Å². The zero-order chi connectivity index (χ0) is 14.3. The highest BCUT2D eigenvalue weighted by atomic mass is 16.4. The van der Waals surface area contributed by atoms with Crippen LogP contribution in [0.25, 0.3) is 22.0 Å². The van der Waals surface area contributed by atoms with Crippen molar-refractivity contribution in [2.24, 2.45) is 7.05 Å². The lowest BCUT2D eigenvalue weighted by Gasteiger charge is -2.04. The van der Waals surface area contributed by atoms with E-state index >= 15 is 0 Å². The van der Waals surface area contributed by atoms with E-state index in [1.807, 2.05) is 24.3 Å². The molecule has 0 bridgehead atoms. The number of aromatic carboxylic acids is 1. The summed E-state index contributed by atoms with van der Waals surface area (Å²) < 4.78 is 1.66. The Kier molecular flexibility index (Phi) is 2.71. The van der Waals surface area contributed by atoms with Crippen molar-refractivity contribution in [1.29, 1.82) is 0 Å². The van der Waals surface area contributed by atoms with Crippen LogP contribution >= 0.6 is 0 Å². The highest BCUT2D eigenvalue weighted by Crippen LogP contribution is 2.28. The highest BCUT2D eigenvalue weighted by molar-refractivity contribution is 5.96. The van der Waals surface area contributed by atoms with Crippen LogP contribution in [0.1, 0.15) is 10.5 Å². The number of carboxylic acids is 1. The van der Waals surface area contributed by atoms with Crippen molar-refractivity contribution in [3.05, 3.63) is 54.2 Å². The van der Waals surface area contributed by atoms with E-state index in [-0.39, 0.29) is 11.4 Å². The number of phenolic OH excluding ortho intramolecular Hbond substituents is 1. The van der Waals surface area contributed by atoms with Crippen molar-refractivity contribution < 1.29 is 15.0 Å². The first kappa shape index (κ1) is 12.3. The van der Waals surface area contributed by atoms with Gasteiger partial charge in [0.1, 0.15) is 11.4 Å². The number of nitrogens with zero attached hydrogens (tertiary/aromatic N) is 1. The molecule has 0 aliphatic rings. The second kappa shape index (κ2) is 4.42. The van der Waals surface area contributed by atoms with Crippen molar-refractivity contribution in [1.82, 2.24) is 4.57 Å². The fraction of sp³-hybridized carbons (Fsp3) is 0.0625. The summed E-state index contributed by atoms with van der Waals surface area (Å²) in [4.78, 5) is 11.1. The van der Waals surface area contributed by atoms with Crippen molar-refractivity contribution in [3.8, 4) is 16.9 Å². The van der Waals surface area contributed by atoms with E-state index in [1.165, 1.54) is 0 Å². The molecular formula is C16H13NO3. The fourth-order valence-corrected chi connectivity index (χ4v) is 2.40. The van der Waals surface area contributed by atoms with Crippen molar-refractivity contribution >= 4 is 16.9 Å². The Morgan fingerprint density at radius 1 is 1.05 bits per heavy atom. The molecule has 4 heteroatoms. The lowest BCUT2D eigenvalue weighted by atomic mass is 10.0. The topological polar surface area (TPSA) is 62.5 Å². The molecule has 2 aromatic carbocycles. The maximum Gasteiger partial charge on any atom is 0.352 e. The average molecular weight is 267 g/mol. The van der Waals surface area contributed by atoms with E-state index in [0.717, 1.165) is 22.0 Å². The molecule has 1 heterocycles. The second-order valence-corrected chi connectivity index (χ2v) is 4.72. The van der Waals surface area contributed by atoms with Gasteiger partial charge in [-0.05, 0) is 35.4 Å². The lowest BCUT2D eigenvalue weighted by molar-refractivity contribution is 0.0687. The molecule has 3 aromatic rings. The van der Waals surface area contributed by atoms with Gasteiger partial charge in [0.2, 0.25) is 0 Å². The van der Waals surface area contributed by atoms with E-state index in [9.17, 15) is 9.90 Å². The predicted octanol–water partition coefficient (Wildman–Crippen LogP) is 3.25. The van der Waals surface area contributed by atoms with Gasteiger partial charge >= 0.3 is 5.97 Å². The first-order chi connectivity index (χ1) is 9.56. The first-order valence-corrected chi connectivity index (χ1v) is 6.18. The van der Waals surface area contributed by atoms with Crippen LogP contribution in [0.4, 0.5) is 0 Å². The molecule has 1 aromatic heterocycles. The van der Waals surface area contributed by atoms with Crippen molar-refractivity contribution in [2.45, 2.75) is 0 Å². The quantitative estimate of drug-likeness (QED) is 0.749. The molecule has 0 aliphatic heterocycles. The van der Waals surface area contributed by atoms with Crippen LogP contribution in [0.15, 0.2) is 48.5 Å². The number of hydrogen-bond donors (Lipinski definition) is 2. The van der Waals surface area contributed by atoms with E-state index < -0.39 is 5.97 Å². The number of rotatable bonds is 2. The number of carbonyl (C=O) groups is 1. The summed E-state index contributed by atoms with van der Waals surface area (Å²) in [6.07, 6.45) is 0. The summed E-state index contributed by atoms with van der Waals surface area (Å²) in [5.74, 6) is -0.733. The van der Waals surface area contributed by atoms with Gasteiger partial charge in [-0.2, -0.15) is 0 Å². The van der Waals surface area contributed by atoms with Crippen molar-refractivity contribution in [3.63, 3.8) is 0 Å². The summed E-state index contributed by atoms with van der Waals surface area (Å²) in [6, 6.07) is 14.4. The fourth-order valence-electron chi connectivity index (χ4n) is 2.40. The summed E-state index contributed by atoms with van der Waals surface area (Å²) in [7, 11) is 1.73. The van der Waals surface area contributed by atoms with Crippen LogP contribution in [0.2, 0.25) is 0 Å². The van der Waals surface area contributed by atoms with Crippen molar-refractivity contribution in [2.75, 3.05) is 0 Å². The van der Waals surface area contributed by atoms with Gasteiger partial charge in [-0.1, -0.05) is 24.3 Å². The monoisotopic (exact) mass is 267 g/mol. The molecule has 0 radical (unpaired) electrons. The minimum atomic E-state index is -0.942. The number of aromatic hydroxyl groups is 1. The third-order valence-corrected chi connectivity index (χ3v) is 3.44. The summed E-state index contributed by atoms with van der Waals surface area (Å²) in [5, 5.41) is 19.6. The van der Waals surface area contributed by atoms with E-state index in [1.54, 1.807) is 35.9 Å². The highest BCUT2D eigenvalue weighted by Gasteiger charge is 2.12. The molecule has 4 nitrogen and oxygen atoms in total. The summed E-state index contributed by atoms with van der Waals surface area (Å²) in [6.45, 7) is 0. The molecule has 20 heavy (non-hydrogen) atoms. The Hall–Kier alpha value is -2.75. The number of hydrogen-bond acceptors (Lipinski definition) is 2. The van der Waals surface area contributed by atoms with Crippen LogP contribution < -0.4 is 0 Å². The molecule has 0 saturated heterocycles. The zero-order valence-electron chi connectivity index (χ0n) is 10.9. The molecule has 0 aliphatic carbocycles. The third kappa shape index (κ3) is 1.91. The second-order valence-electron chi connectivity index (χ2n) is 4.72. The van der Waals surface area contributed by atoms with Crippen LogP contribution in [-0.4, -0.2) is 20.7 Å². The largest absolute Gasteiger partial charge is 0.508 e. The maximum absolute atomic E-state index is 11.1. The number of aromatic nitrogens is 1. The Labute approximate surface area is 115 Å². The zero-order valence-corrected chi connectivity index (χ0v) is 10.9. The Morgan fingerprint density at radius 2 is 1.80 bits per heavy atom. The first-order valence-electron chi connectivity index (χ1n) is 6.18. The molecule has 0 unspecified atom stereocenters. The smallest absolute Gasteiger partial charge is 0.352 e. The standard InChI is InChI=1S/C16H13NO3/c1-17-14-8-11(10-3-2-4-13(18)7-10)5-6-12(14)9-15(17)16(19)20/h2-9,18H,1H3,(H,19,20). The van der Waals surface area contributed by atoms with Gasteiger partial charge < -0.3 is 14.8 Å². The van der Waals surface area contributed by atoms with E-state index in [0.29, 0.717) is 0 Å². The van der Waals surface area contributed by atoms with Gasteiger partial charge in [0.05, 0.1) is 0 Å². The number of fused-ring (bicyclic) bond motifs is 1. The van der Waals surface area contributed by atoms with Gasteiger partial charge in [-0.15, -0.1) is 0 Å². The van der Waals surface area contributed by atoms with Gasteiger partial charge in [-0.3, -0.25) is 0 Å². The summed E-state index contributed by atoms with van der Waals surface area (Å²) >= 11 is 0. The molecule has 0 amide bonds. The molecule has 2 N–H and O–H groups in total. The van der Waals surface area contributed by atoms with Gasteiger partial charge in [-0.25, -0.2) is 4.79 Å². The van der Waals surface area contributed by atoms with E-state index in [2.05, 4.69) is 0 Å². The summed E-state index contributed by atoms with van der Waals surface area (Å²) in [5.41, 5.74) is 2.94. The minimum Gasteiger partial charge on any atom is -0.508 e. The minimum absolute atomic E-state index is 0.209. The number of benzene rings is 2. The maximum atomic E-state index is 11.1. The molecular weight excluding hydrogens is 254 g/mol. The molecule has 0 fully saturated rings. The Balaban J connectivity index is 2.20. The third-order valence-electron chi connectivity index (χ3n) is 3.44. The van der Waals surface area contributed by atoms with Gasteiger partial charge in [0.15, 0.2) is 0 Å².